The number of pyridine rings is 1. The standard InChI is InChI=1S/C23H22Cl2N2O5S/c1-14-8-9-16-6-3-7-19(22(16)26-14)32-13-17-18(24)10-11-20(21(17)25)33(30,31)27(23(28)29)12-4-5-15(27)2/h3,6-11,15H,4-5,12-13H2,1-2H3/p+1/t15-,27?/m1/s1. The Kier molecular flexibility index (Phi) is 6.30. The first kappa shape index (κ1) is 23.8. The Morgan fingerprint density at radius 1 is 1.21 bits per heavy atom. The van der Waals surface area contributed by atoms with Gasteiger partial charge in [0, 0.05) is 34.5 Å². The molecular weight excluding hydrogens is 487 g/mol. The van der Waals surface area contributed by atoms with Crippen molar-refractivity contribution < 1.29 is 26.9 Å². The van der Waals surface area contributed by atoms with Crippen molar-refractivity contribution in [2.75, 3.05) is 6.54 Å². The number of ether oxygens (including phenoxy) is 1. The molecule has 2 atom stereocenters. The van der Waals surface area contributed by atoms with Gasteiger partial charge in [-0.2, -0.15) is 13.2 Å². The SMILES string of the molecule is Cc1ccc2cccc(OCc3c(Cl)ccc(S(=O)(=O)[N+]4(C(=O)O)CCC[C@H]4C)c3Cl)c2n1. The van der Waals surface area contributed by atoms with Crippen molar-refractivity contribution in [2.24, 2.45) is 0 Å². The average molecular weight is 510 g/mol. The Hall–Kier alpha value is -2.39. The van der Waals surface area contributed by atoms with Crippen LogP contribution in [-0.4, -0.2) is 41.1 Å². The van der Waals surface area contributed by atoms with Gasteiger partial charge in [0.2, 0.25) is 0 Å². The molecule has 1 unspecified atom stereocenters. The summed E-state index contributed by atoms with van der Waals surface area (Å²) in [6.07, 6.45) is -0.442. The molecule has 0 spiro atoms. The third-order valence-corrected chi connectivity index (χ3v) is 9.55. The fraction of sp³-hybridized carbons (Fsp3) is 0.304. The summed E-state index contributed by atoms with van der Waals surface area (Å²) in [5, 5.41) is 10.9. The normalized spacial score (nSPS) is 20.8. The van der Waals surface area contributed by atoms with Crippen LogP contribution in [0.25, 0.3) is 10.9 Å². The number of para-hydroxylation sites is 1. The molecule has 1 fully saturated rings. The van der Waals surface area contributed by atoms with E-state index < -0.39 is 26.0 Å². The number of hydrogen-bond acceptors (Lipinski definition) is 5. The molecule has 7 nitrogen and oxygen atoms in total. The summed E-state index contributed by atoms with van der Waals surface area (Å²) in [6.45, 7) is 3.36. The number of nitrogens with zero attached hydrogens (tertiary/aromatic N) is 2. The highest BCUT2D eigenvalue weighted by Gasteiger charge is 2.58. The van der Waals surface area contributed by atoms with Gasteiger partial charge in [0.1, 0.15) is 35.4 Å². The average Bonchev–Trinajstić information content (AvgIpc) is 3.16. The van der Waals surface area contributed by atoms with Gasteiger partial charge in [0.25, 0.3) is 0 Å². The number of aromatic nitrogens is 1. The van der Waals surface area contributed by atoms with Gasteiger partial charge in [0.15, 0.2) is 0 Å². The molecule has 1 aromatic heterocycles. The molecule has 0 saturated carbocycles. The fourth-order valence-corrected chi connectivity index (χ4v) is 7.23. The summed E-state index contributed by atoms with van der Waals surface area (Å²) in [7, 11) is -4.36. The lowest BCUT2D eigenvalue weighted by Crippen LogP contribution is -2.58. The maximum absolute atomic E-state index is 13.6. The van der Waals surface area contributed by atoms with Crippen molar-refractivity contribution in [3.8, 4) is 5.75 Å². The Labute approximate surface area is 202 Å². The summed E-state index contributed by atoms with van der Waals surface area (Å²) in [6, 6.07) is 11.4. The summed E-state index contributed by atoms with van der Waals surface area (Å²) >= 11 is 12.9. The molecule has 1 N–H and O–H groups in total. The third kappa shape index (κ3) is 3.85. The second-order valence-corrected chi connectivity index (χ2v) is 11.0. The maximum Gasteiger partial charge on any atom is 0.529 e. The number of halogens is 2. The Balaban J connectivity index is 1.74. The van der Waals surface area contributed by atoms with Crippen LogP contribution >= 0.6 is 23.2 Å². The van der Waals surface area contributed by atoms with Gasteiger partial charge < -0.3 is 9.84 Å². The second kappa shape index (κ2) is 8.76. The zero-order valence-electron chi connectivity index (χ0n) is 18.1. The van der Waals surface area contributed by atoms with Crippen molar-refractivity contribution in [1.82, 2.24) is 4.98 Å². The van der Waals surface area contributed by atoms with Crippen molar-refractivity contribution in [1.29, 1.82) is 0 Å². The first-order valence-corrected chi connectivity index (χ1v) is 12.6. The predicted molar refractivity (Wildman–Crippen MR) is 126 cm³/mol. The van der Waals surface area contributed by atoms with E-state index in [1.165, 1.54) is 12.1 Å². The lowest BCUT2D eigenvalue weighted by atomic mass is 10.2. The van der Waals surface area contributed by atoms with E-state index >= 15 is 0 Å². The molecule has 1 amide bonds. The van der Waals surface area contributed by atoms with E-state index in [-0.39, 0.29) is 33.7 Å². The number of amides is 1. The molecule has 0 aliphatic carbocycles. The van der Waals surface area contributed by atoms with E-state index in [0.717, 1.165) is 11.1 Å². The van der Waals surface area contributed by atoms with Crippen LogP contribution in [0.3, 0.4) is 0 Å². The van der Waals surface area contributed by atoms with E-state index in [0.29, 0.717) is 24.1 Å². The predicted octanol–water partition coefficient (Wildman–Crippen LogP) is 5.79. The number of aryl methyl sites for hydroxylation is 1. The minimum Gasteiger partial charge on any atom is -0.487 e. The number of hydrogen-bond donors (Lipinski definition) is 1. The van der Waals surface area contributed by atoms with E-state index in [1.54, 1.807) is 13.0 Å². The molecule has 3 aromatic rings. The van der Waals surface area contributed by atoms with Gasteiger partial charge in [-0.25, -0.2) is 4.98 Å². The van der Waals surface area contributed by atoms with Crippen LogP contribution in [0.1, 0.15) is 31.0 Å². The molecule has 174 valence electrons. The highest BCUT2D eigenvalue weighted by molar-refractivity contribution is 7.86. The van der Waals surface area contributed by atoms with Crippen LogP contribution in [0.15, 0.2) is 47.4 Å². The van der Waals surface area contributed by atoms with Crippen LogP contribution in [0.4, 0.5) is 4.79 Å². The van der Waals surface area contributed by atoms with E-state index in [4.69, 9.17) is 27.9 Å². The number of carbonyl (C=O) groups is 1. The van der Waals surface area contributed by atoms with Crippen LogP contribution in [0.2, 0.25) is 10.0 Å². The second-order valence-electron chi connectivity index (χ2n) is 8.18. The largest absolute Gasteiger partial charge is 0.529 e. The first-order chi connectivity index (χ1) is 15.6. The number of sulfonamides is 1. The molecule has 1 aliphatic rings. The van der Waals surface area contributed by atoms with Crippen LogP contribution in [-0.2, 0) is 16.6 Å². The number of carboxylic acid groups (broad SMARTS) is 1. The molecule has 2 aromatic carbocycles. The Morgan fingerprint density at radius 2 is 1.97 bits per heavy atom. The number of rotatable bonds is 5. The van der Waals surface area contributed by atoms with Crippen molar-refractivity contribution in [2.45, 2.75) is 44.2 Å². The molecule has 0 radical (unpaired) electrons. The highest BCUT2D eigenvalue weighted by Crippen LogP contribution is 2.40. The zero-order valence-corrected chi connectivity index (χ0v) is 20.4. The van der Waals surface area contributed by atoms with E-state index in [2.05, 4.69) is 4.98 Å². The van der Waals surface area contributed by atoms with Gasteiger partial charge >= 0.3 is 16.1 Å². The van der Waals surface area contributed by atoms with Gasteiger partial charge in [-0.15, -0.1) is 3.89 Å². The molecule has 1 aliphatic heterocycles. The smallest absolute Gasteiger partial charge is 0.487 e. The lowest BCUT2D eigenvalue weighted by Gasteiger charge is -2.31. The number of fused-ring (bicyclic) bond motifs is 1. The minimum atomic E-state index is -4.36. The lowest BCUT2D eigenvalue weighted by molar-refractivity contribution is -0.741. The van der Waals surface area contributed by atoms with Gasteiger partial charge in [-0.3, -0.25) is 0 Å². The zero-order chi connectivity index (χ0) is 24.0. The highest BCUT2D eigenvalue weighted by atomic mass is 35.5. The number of likely N-dealkylation sites (tertiary alicyclic amines) is 1. The topological polar surface area (TPSA) is 93.6 Å². The Bertz CT molecular complexity index is 1360. The fourth-order valence-electron chi connectivity index (χ4n) is 4.36. The third-order valence-electron chi connectivity index (χ3n) is 6.20. The monoisotopic (exact) mass is 509 g/mol. The van der Waals surface area contributed by atoms with Gasteiger partial charge in [0.05, 0.1) is 5.02 Å². The van der Waals surface area contributed by atoms with E-state index in [1.807, 2.05) is 31.2 Å². The first-order valence-electron chi connectivity index (χ1n) is 10.4. The van der Waals surface area contributed by atoms with E-state index in [9.17, 15) is 18.3 Å². The Morgan fingerprint density at radius 3 is 2.64 bits per heavy atom. The van der Waals surface area contributed by atoms with Gasteiger partial charge in [-0.1, -0.05) is 41.4 Å². The summed E-state index contributed by atoms with van der Waals surface area (Å²) in [5.74, 6) is 0.499. The molecule has 1 saturated heterocycles. The molecule has 33 heavy (non-hydrogen) atoms. The maximum atomic E-state index is 13.6. The number of quaternary nitrogens is 1. The summed E-state index contributed by atoms with van der Waals surface area (Å²) < 4.78 is 32.1. The molecule has 10 heteroatoms. The van der Waals surface area contributed by atoms with Crippen molar-refractivity contribution in [3.63, 3.8) is 0 Å². The molecule has 4 rings (SSSR count). The van der Waals surface area contributed by atoms with Crippen LogP contribution < -0.4 is 4.74 Å². The van der Waals surface area contributed by atoms with Gasteiger partial charge in [-0.05, 0) is 38.1 Å². The molecule has 2 heterocycles. The quantitative estimate of drug-likeness (QED) is 0.437. The number of benzene rings is 2. The minimum absolute atomic E-state index is 0.0232. The van der Waals surface area contributed by atoms with Crippen molar-refractivity contribution in [3.05, 3.63) is 63.8 Å². The summed E-state index contributed by atoms with van der Waals surface area (Å²) in [5.41, 5.74) is 1.75. The summed E-state index contributed by atoms with van der Waals surface area (Å²) in [4.78, 5) is 16.4. The molecular formula is C23H23Cl2N2O5S+. The van der Waals surface area contributed by atoms with Crippen LogP contribution in [0.5, 0.6) is 5.75 Å². The molecule has 0 bridgehead atoms. The van der Waals surface area contributed by atoms with Crippen LogP contribution in [0, 0.1) is 6.92 Å². The van der Waals surface area contributed by atoms with Crippen molar-refractivity contribution >= 4 is 50.2 Å².